The molecule has 138 valence electrons. The molecule has 0 radical (unpaired) electrons. The molecule has 0 saturated heterocycles. The van der Waals surface area contributed by atoms with Crippen molar-refractivity contribution in [3.05, 3.63) is 53.0 Å². The summed E-state index contributed by atoms with van der Waals surface area (Å²) in [4.78, 5) is 30.5. The molecule has 0 saturated carbocycles. The first kappa shape index (κ1) is 17.9. The normalized spacial score (nSPS) is 16.6. The van der Waals surface area contributed by atoms with Crippen LogP contribution in [0.5, 0.6) is 0 Å². The Morgan fingerprint density at radius 2 is 2.00 bits per heavy atom. The van der Waals surface area contributed by atoms with Crippen LogP contribution in [0.25, 0.3) is 10.2 Å². The maximum Gasteiger partial charge on any atom is 0.305 e. The van der Waals surface area contributed by atoms with Crippen LogP contribution in [0.1, 0.15) is 11.4 Å². The van der Waals surface area contributed by atoms with Crippen LogP contribution in [-0.4, -0.2) is 27.2 Å². The monoisotopic (exact) mass is 406 g/mol. The van der Waals surface area contributed by atoms with Crippen LogP contribution in [0.4, 0.5) is 14.5 Å². The van der Waals surface area contributed by atoms with Crippen molar-refractivity contribution in [2.24, 2.45) is 0 Å². The van der Waals surface area contributed by atoms with E-state index in [1.165, 1.54) is 22.7 Å². The van der Waals surface area contributed by atoms with Gasteiger partial charge in [0.05, 0.1) is 34.1 Å². The third-order valence-corrected chi connectivity index (χ3v) is 6.41. The standard InChI is InChI=1S/C18H12F2N2O3S2/c19-9-5-6-10-17(16(9)20)27-14(21-10)8-22-11-3-1-2-4-12(11)26-13(18(22)25)7-15(23)24/h1-6,13H,7-8H2,(H,23,24). The molecule has 1 aliphatic rings. The minimum atomic E-state index is -1.06. The summed E-state index contributed by atoms with van der Waals surface area (Å²) >= 11 is 2.20. The lowest BCUT2D eigenvalue weighted by molar-refractivity contribution is -0.138. The van der Waals surface area contributed by atoms with Gasteiger partial charge in [0.2, 0.25) is 5.91 Å². The molecule has 1 N–H and O–H groups in total. The summed E-state index contributed by atoms with van der Waals surface area (Å²) in [5.74, 6) is -3.30. The Balaban J connectivity index is 1.72. The van der Waals surface area contributed by atoms with E-state index < -0.39 is 22.9 Å². The fourth-order valence-corrected chi connectivity index (χ4v) is 5.11. The molecule has 27 heavy (non-hydrogen) atoms. The highest BCUT2D eigenvalue weighted by atomic mass is 32.2. The fraction of sp³-hybridized carbons (Fsp3) is 0.167. The van der Waals surface area contributed by atoms with Crippen LogP contribution >= 0.6 is 23.1 Å². The van der Waals surface area contributed by atoms with Gasteiger partial charge in [-0.05, 0) is 24.3 Å². The summed E-state index contributed by atoms with van der Waals surface area (Å²) in [5, 5.41) is 8.78. The van der Waals surface area contributed by atoms with Gasteiger partial charge in [0, 0.05) is 4.90 Å². The van der Waals surface area contributed by atoms with Gasteiger partial charge in [0.15, 0.2) is 11.6 Å². The lowest BCUT2D eigenvalue weighted by Crippen LogP contribution is -2.41. The van der Waals surface area contributed by atoms with E-state index in [1.54, 1.807) is 12.1 Å². The second-order valence-electron chi connectivity index (χ2n) is 5.91. The van der Waals surface area contributed by atoms with Crippen LogP contribution in [-0.2, 0) is 16.1 Å². The molecule has 3 aromatic rings. The summed E-state index contributed by atoms with van der Waals surface area (Å²) < 4.78 is 27.5. The van der Waals surface area contributed by atoms with Gasteiger partial charge >= 0.3 is 5.97 Å². The number of carboxylic acid groups (broad SMARTS) is 1. The molecule has 4 rings (SSSR count). The third kappa shape index (κ3) is 3.28. The van der Waals surface area contributed by atoms with E-state index in [9.17, 15) is 18.4 Å². The SMILES string of the molecule is O=C(O)CC1Sc2ccccc2N(Cc2nc3ccc(F)c(F)c3s2)C1=O. The van der Waals surface area contributed by atoms with Gasteiger partial charge in [-0.1, -0.05) is 12.1 Å². The van der Waals surface area contributed by atoms with Gasteiger partial charge in [0.1, 0.15) is 5.01 Å². The minimum Gasteiger partial charge on any atom is -0.481 e. The van der Waals surface area contributed by atoms with Gasteiger partial charge in [-0.2, -0.15) is 0 Å². The van der Waals surface area contributed by atoms with E-state index in [0.717, 1.165) is 22.3 Å². The Morgan fingerprint density at radius 1 is 1.22 bits per heavy atom. The third-order valence-electron chi connectivity index (χ3n) is 4.11. The zero-order chi connectivity index (χ0) is 19.1. The second-order valence-corrected chi connectivity index (χ2v) is 8.24. The number of aliphatic carboxylic acids is 1. The van der Waals surface area contributed by atoms with Gasteiger partial charge < -0.3 is 10.0 Å². The molecule has 9 heteroatoms. The van der Waals surface area contributed by atoms with Crippen molar-refractivity contribution in [1.82, 2.24) is 4.98 Å². The summed E-state index contributed by atoms with van der Waals surface area (Å²) in [6, 6.07) is 9.59. The first-order chi connectivity index (χ1) is 12.9. The molecule has 1 atom stereocenters. The summed E-state index contributed by atoms with van der Waals surface area (Å²) in [7, 11) is 0. The van der Waals surface area contributed by atoms with Crippen molar-refractivity contribution in [3.63, 3.8) is 0 Å². The molecule has 0 bridgehead atoms. The number of carbonyl (C=O) groups is 2. The molecular formula is C18H12F2N2O3S2. The van der Waals surface area contributed by atoms with Crippen LogP contribution in [0.3, 0.4) is 0 Å². The van der Waals surface area contributed by atoms with Crippen molar-refractivity contribution in [3.8, 4) is 0 Å². The fourth-order valence-electron chi connectivity index (χ4n) is 2.91. The molecular weight excluding hydrogens is 394 g/mol. The van der Waals surface area contributed by atoms with Crippen molar-refractivity contribution in [2.45, 2.75) is 23.1 Å². The Bertz CT molecular complexity index is 1070. The summed E-state index contributed by atoms with van der Waals surface area (Å²) in [6.07, 6.45) is -0.298. The number of fused-ring (bicyclic) bond motifs is 2. The maximum absolute atomic E-state index is 14.0. The van der Waals surface area contributed by atoms with Crippen LogP contribution in [0.15, 0.2) is 41.3 Å². The topological polar surface area (TPSA) is 70.5 Å². The number of anilines is 1. The lowest BCUT2D eigenvalue weighted by atomic mass is 10.2. The van der Waals surface area contributed by atoms with Gasteiger partial charge in [-0.25, -0.2) is 13.8 Å². The molecule has 1 aromatic heterocycles. The highest BCUT2D eigenvalue weighted by Gasteiger charge is 2.35. The molecule has 0 spiro atoms. The van der Waals surface area contributed by atoms with Crippen LogP contribution in [0, 0.1) is 11.6 Å². The van der Waals surface area contributed by atoms with Crippen molar-refractivity contribution in [1.29, 1.82) is 0 Å². The average molecular weight is 406 g/mol. The second kappa shape index (κ2) is 6.90. The number of aromatic nitrogens is 1. The number of amides is 1. The largest absolute Gasteiger partial charge is 0.481 e. The molecule has 0 fully saturated rings. The smallest absolute Gasteiger partial charge is 0.305 e. The Hall–Kier alpha value is -2.52. The predicted octanol–water partition coefficient (Wildman–Crippen LogP) is 4.06. The van der Waals surface area contributed by atoms with E-state index in [1.807, 2.05) is 12.1 Å². The van der Waals surface area contributed by atoms with E-state index in [0.29, 0.717) is 16.2 Å². The first-order valence-electron chi connectivity index (χ1n) is 7.96. The van der Waals surface area contributed by atoms with Gasteiger partial charge in [-0.15, -0.1) is 23.1 Å². The number of hydrogen-bond acceptors (Lipinski definition) is 5. The zero-order valence-corrected chi connectivity index (χ0v) is 15.3. The minimum absolute atomic E-state index is 0.0624. The van der Waals surface area contributed by atoms with Gasteiger partial charge in [-0.3, -0.25) is 9.59 Å². The quantitative estimate of drug-likeness (QED) is 0.708. The highest BCUT2D eigenvalue weighted by molar-refractivity contribution is 8.01. The number of halogens is 2. The van der Waals surface area contributed by atoms with Crippen molar-refractivity contribution in [2.75, 3.05) is 4.90 Å². The highest BCUT2D eigenvalue weighted by Crippen LogP contribution is 2.41. The zero-order valence-electron chi connectivity index (χ0n) is 13.7. The molecule has 2 heterocycles. The average Bonchev–Trinajstić information content (AvgIpc) is 3.05. The Kier molecular flexibility index (Phi) is 4.56. The number of carboxylic acids is 1. The van der Waals surface area contributed by atoms with E-state index in [-0.39, 0.29) is 23.6 Å². The number of para-hydroxylation sites is 1. The molecule has 5 nitrogen and oxygen atoms in total. The number of thiazole rings is 1. The number of thioether (sulfide) groups is 1. The van der Waals surface area contributed by atoms with Crippen molar-refractivity contribution >= 4 is 50.9 Å². The Morgan fingerprint density at radius 3 is 2.78 bits per heavy atom. The summed E-state index contributed by atoms with van der Waals surface area (Å²) in [6.45, 7) is 0.0624. The van der Waals surface area contributed by atoms with Crippen LogP contribution in [0.2, 0.25) is 0 Å². The number of benzene rings is 2. The Labute approximate surface area is 160 Å². The van der Waals surface area contributed by atoms with E-state index in [4.69, 9.17) is 5.11 Å². The number of hydrogen-bond donors (Lipinski definition) is 1. The maximum atomic E-state index is 14.0. The van der Waals surface area contributed by atoms with E-state index in [2.05, 4.69) is 4.98 Å². The molecule has 1 amide bonds. The number of carbonyl (C=O) groups excluding carboxylic acids is 1. The molecule has 1 aliphatic heterocycles. The molecule has 0 aliphatic carbocycles. The predicted molar refractivity (Wildman–Crippen MR) is 99.1 cm³/mol. The van der Waals surface area contributed by atoms with Crippen molar-refractivity contribution < 1.29 is 23.5 Å². The molecule has 1 unspecified atom stereocenters. The number of rotatable bonds is 4. The summed E-state index contributed by atoms with van der Waals surface area (Å²) in [5.41, 5.74) is 0.975. The lowest BCUT2D eigenvalue weighted by Gasteiger charge is -2.32. The molecule has 2 aromatic carbocycles. The first-order valence-corrected chi connectivity index (χ1v) is 9.66. The van der Waals surface area contributed by atoms with Gasteiger partial charge in [0.25, 0.3) is 0 Å². The number of nitrogens with zero attached hydrogens (tertiary/aromatic N) is 2. The van der Waals surface area contributed by atoms with Crippen LogP contribution < -0.4 is 4.90 Å². The van der Waals surface area contributed by atoms with E-state index >= 15 is 0 Å².